The summed E-state index contributed by atoms with van der Waals surface area (Å²) in [6, 6.07) is 0. The molecule has 1 heteroatoms. The standard InChI is InChI=1S/C16H35N/c1-5-8-9-10-11-12-13-14-16(6-2,7-3)15-17-4/h17H,5-15H2,1-4H3. The molecular weight excluding hydrogens is 206 g/mol. The zero-order valence-electron chi connectivity index (χ0n) is 12.8. The second-order valence-electron chi connectivity index (χ2n) is 5.61. The van der Waals surface area contributed by atoms with Crippen molar-refractivity contribution in [1.29, 1.82) is 0 Å². The molecule has 1 N–H and O–H groups in total. The summed E-state index contributed by atoms with van der Waals surface area (Å²) in [5, 5.41) is 3.38. The van der Waals surface area contributed by atoms with Crippen LogP contribution in [-0.2, 0) is 0 Å². The van der Waals surface area contributed by atoms with E-state index in [9.17, 15) is 0 Å². The largest absolute Gasteiger partial charge is 0.319 e. The highest BCUT2D eigenvalue weighted by atomic mass is 14.8. The molecule has 0 aromatic carbocycles. The number of nitrogens with one attached hydrogen (secondary N) is 1. The molecule has 0 aliphatic heterocycles. The minimum atomic E-state index is 0.568. The molecule has 1 nitrogen and oxygen atoms in total. The van der Waals surface area contributed by atoms with E-state index >= 15 is 0 Å². The highest BCUT2D eigenvalue weighted by Crippen LogP contribution is 2.32. The van der Waals surface area contributed by atoms with Crippen molar-refractivity contribution in [3.63, 3.8) is 0 Å². The summed E-state index contributed by atoms with van der Waals surface area (Å²) < 4.78 is 0. The molecule has 0 heterocycles. The number of hydrogen-bond donors (Lipinski definition) is 1. The van der Waals surface area contributed by atoms with Crippen LogP contribution in [-0.4, -0.2) is 13.6 Å². The van der Waals surface area contributed by atoms with Gasteiger partial charge in [-0.05, 0) is 31.7 Å². The van der Waals surface area contributed by atoms with Crippen LogP contribution in [0.25, 0.3) is 0 Å². The first-order valence-corrected chi connectivity index (χ1v) is 7.89. The average molecular weight is 241 g/mol. The minimum absolute atomic E-state index is 0.568. The topological polar surface area (TPSA) is 12.0 Å². The lowest BCUT2D eigenvalue weighted by atomic mass is 9.77. The predicted molar refractivity (Wildman–Crippen MR) is 79.6 cm³/mol. The summed E-state index contributed by atoms with van der Waals surface area (Å²) >= 11 is 0. The molecule has 0 saturated heterocycles. The molecule has 0 atom stereocenters. The molecule has 0 fully saturated rings. The molecule has 0 aromatic rings. The Morgan fingerprint density at radius 1 is 0.765 bits per heavy atom. The average Bonchev–Trinajstić information content (AvgIpc) is 2.36. The molecule has 0 radical (unpaired) electrons. The molecule has 0 unspecified atom stereocenters. The van der Waals surface area contributed by atoms with E-state index in [1.165, 1.54) is 70.8 Å². The fourth-order valence-corrected chi connectivity index (χ4v) is 2.77. The molecule has 104 valence electrons. The van der Waals surface area contributed by atoms with Gasteiger partial charge in [-0.3, -0.25) is 0 Å². The smallest absolute Gasteiger partial charge is 0.000460 e. The summed E-state index contributed by atoms with van der Waals surface area (Å²) in [7, 11) is 2.09. The maximum absolute atomic E-state index is 3.38. The highest BCUT2D eigenvalue weighted by Gasteiger charge is 2.24. The van der Waals surface area contributed by atoms with Gasteiger partial charge in [0.1, 0.15) is 0 Å². The Kier molecular flexibility index (Phi) is 11.0. The molecule has 0 saturated carbocycles. The Labute approximate surface area is 110 Å². The van der Waals surface area contributed by atoms with Gasteiger partial charge in [0, 0.05) is 6.54 Å². The fraction of sp³-hybridized carbons (Fsp3) is 1.00. The van der Waals surface area contributed by atoms with Gasteiger partial charge < -0.3 is 5.32 Å². The lowest BCUT2D eigenvalue weighted by Gasteiger charge is -2.31. The maximum atomic E-state index is 3.38. The van der Waals surface area contributed by atoms with Gasteiger partial charge >= 0.3 is 0 Å². The van der Waals surface area contributed by atoms with Gasteiger partial charge in [-0.25, -0.2) is 0 Å². The second kappa shape index (κ2) is 11.1. The number of hydrogen-bond acceptors (Lipinski definition) is 1. The molecule has 0 aromatic heterocycles. The molecule has 0 aliphatic rings. The summed E-state index contributed by atoms with van der Waals surface area (Å²) in [4.78, 5) is 0. The normalized spacial score (nSPS) is 12.0. The van der Waals surface area contributed by atoms with Gasteiger partial charge in [-0.2, -0.15) is 0 Å². The van der Waals surface area contributed by atoms with Crippen LogP contribution >= 0.6 is 0 Å². The number of unbranched alkanes of at least 4 members (excludes halogenated alkanes) is 6. The fourth-order valence-electron chi connectivity index (χ4n) is 2.77. The van der Waals surface area contributed by atoms with Crippen LogP contribution in [0.15, 0.2) is 0 Å². The quantitative estimate of drug-likeness (QED) is 0.466. The first-order chi connectivity index (χ1) is 8.24. The van der Waals surface area contributed by atoms with Gasteiger partial charge in [-0.1, -0.05) is 65.7 Å². The van der Waals surface area contributed by atoms with Crippen molar-refractivity contribution in [3.05, 3.63) is 0 Å². The van der Waals surface area contributed by atoms with Crippen molar-refractivity contribution in [1.82, 2.24) is 5.32 Å². The number of rotatable bonds is 12. The zero-order chi connectivity index (χ0) is 13.0. The van der Waals surface area contributed by atoms with E-state index in [0.29, 0.717) is 5.41 Å². The molecule has 0 bridgehead atoms. The van der Waals surface area contributed by atoms with Gasteiger partial charge in [0.2, 0.25) is 0 Å². The SMILES string of the molecule is CCCCCCCCCC(CC)(CC)CNC. The van der Waals surface area contributed by atoms with Crippen LogP contribution in [0.2, 0.25) is 0 Å². The van der Waals surface area contributed by atoms with Gasteiger partial charge in [0.15, 0.2) is 0 Å². The Hall–Kier alpha value is -0.0400. The lowest BCUT2D eigenvalue weighted by molar-refractivity contribution is 0.225. The van der Waals surface area contributed by atoms with Crippen LogP contribution in [0.3, 0.4) is 0 Å². The molecule has 0 amide bonds. The van der Waals surface area contributed by atoms with E-state index in [1.807, 2.05) is 0 Å². The Bertz CT molecular complexity index is 150. The van der Waals surface area contributed by atoms with E-state index < -0.39 is 0 Å². The van der Waals surface area contributed by atoms with E-state index in [2.05, 4.69) is 33.1 Å². The van der Waals surface area contributed by atoms with Crippen molar-refractivity contribution in [3.8, 4) is 0 Å². The van der Waals surface area contributed by atoms with Gasteiger partial charge in [-0.15, -0.1) is 0 Å². The van der Waals surface area contributed by atoms with Crippen LogP contribution in [0.4, 0.5) is 0 Å². The Morgan fingerprint density at radius 2 is 1.29 bits per heavy atom. The van der Waals surface area contributed by atoms with Crippen molar-refractivity contribution in [2.45, 2.75) is 85.0 Å². The summed E-state index contributed by atoms with van der Waals surface area (Å²) in [5.41, 5.74) is 0.568. The van der Waals surface area contributed by atoms with Crippen molar-refractivity contribution in [2.24, 2.45) is 5.41 Å². The van der Waals surface area contributed by atoms with E-state index in [0.717, 1.165) is 0 Å². The Balaban J connectivity index is 3.61. The first kappa shape index (κ1) is 17.0. The summed E-state index contributed by atoms with van der Waals surface area (Å²) in [6.45, 7) is 8.18. The summed E-state index contributed by atoms with van der Waals surface area (Å²) in [5.74, 6) is 0. The highest BCUT2D eigenvalue weighted by molar-refractivity contribution is 4.78. The molecule has 17 heavy (non-hydrogen) atoms. The van der Waals surface area contributed by atoms with Crippen molar-refractivity contribution < 1.29 is 0 Å². The zero-order valence-corrected chi connectivity index (χ0v) is 12.8. The van der Waals surface area contributed by atoms with Crippen LogP contribution in [0, 0.1) is 5.41 Å². The van der Waals surface area contributed by atoms with Crippen LogP contribution in [0.5, 0.6) is 0 Å². The summed E-state index contributed by atoms with van der Waals surface area (Å²) in [6.07, 6.45) is 14.0. The van der Waals surface area contributed by atoms with E-state index in [1.54, 1.807) is 0 Å². The van der Waals surface area contributed by atoms with Crippen molar-refractivity contribution in [2.75, 3.05) is 13.6 Å². The third-order valence-electron chi connectivity index (χ3n) is 4.36. The van der Waals surface area contributed by atoms with E-state index in [4.69, 9.17) is 0 Å². The molecule has 0 rings (SSSR count). The van der Waals surface area contributed by atoms with Crippen LogP contribution in [0.1, 0.15) is 85.0 Å². The minimum Gasteiger partial charge on any atom is -0.319 e. The monoisotopic (exact) mass is 241 g/mol. The maximum Gasteiger partial charge on any atom is 0.000460 e. The van der Waals surface area contributed by atoms with Gasteiger partial charge in [0.25, 0.3) is 0 Å². The van der Waals surface area contributed by atoms with E-state index in [-0.39, 0.29) is 0 Å². The van der Waals surface area contributed by atoms with Crippen LogP contribution < -0.4 is 5.32 Å². The Morgan fingerprint density at radius 3 is 1.76 bits per heavy atom. The molecular formula is C16H35N. The third kappa shape index (κ3) is 7.81. The second-order valence-corrected chi connectivity index (χ2v) is 5.61. The predicted octanol–water partition coefficient (Wildman–Crippen LogP) is 5.15. The molecule has 0 spiro atoms. The lowest BCUT2D eigenvalue weighted by Crippen LogP contribution is -2.31. The van der Waals surface area contributed by atoms with Crippen molar-refractivity contribution >= 4 is 0 Å². The first-order valence-electron chi connectivity index (χ1n) is 7.89. The van der Waals surface area contributed by atoms with Gasteiger partial charge in [0.05, 0.1) is 0 Å². The molecule has 0 aliphatic carbocycles. The third-order valence-corrected chi connectivity index (χ3v) is 4.36.